The van der Waals surface area contributed by atoms with Gasteiger partial charge in [-0.15, -0.1) is 0 Å². The van der Waals surface area contributed by atoms with Crippen molar-refractivity contribution in [2.24, 2.45) is 0 Å². The third kappa shape index (κ3) is 2.58. The zero-order chi connectivity index (χ0) is 15.0. The molecule has 0 amide bonds. The van der Waals surface area contributed by atoms with Gasteiger partial charge in [0.05, 0.1) is 15.7 Å². The van der Waals surface area contributed by atoms with Crippen molar-refractivity contribution in [2.75, 3.05) is 0 Å². The number of hydrogen-bond donors (Lipinski definition) is 0. The smallest absolute Gasteiger partial charge is 0.165 e. The van der Waals surface area contributed by atoms with Crippen LogP contribution in [-0.4, -0.2) is 9.97 Å². The number of aryl methyl sites for hydroxylation is 2. The summed E-state index contributed by atoms with van der Waals surface area (Å²) in [5.74, 6) is 1.42. The van der Waals surface area contributed by atoms with E-state index in [-0.39, 0.29) is 0 Å². The number of hydrogen-bond acceptors (Lipinski definition) is 3. The van der Waals surface area contributed by atoms with E-state index in [0.717, 1.165) is 45.3 Å². The average molecular weight is 366 g/mol. The summed E-state index contributed by atoms with van der Waals surface area (Å²) >= 11 is 9.71. The van der Waals surface area contributed by atoms with E-state index in [2.05, 4.69) is 32.8 Å². The zero-order valence-electron chi connectivity index (χ0n) is 11.8. The van der Waals surface area contributed by atoms with E-state index >= 15 is 0 Å². The number of para-hydroxylation sites is 1. The summed E-state index contributed by atoms with van der Waals surface area (Å²) in [5, 5.41) is 1.45. The van der Waals surface area contributed by atoms with Gasteiger partial charge in [0, 0.05) is 5.39 Å². The highest BCUT2D eigenvalue weighted by atomic mass is 79.9. The molecular formula is C16H14BrClN2O. The molecule has 3 nitrogen and oxygen atoms in total. The molecule has 2 aromatic heterocycles. The normalized spacial score (nSPS) is 11.2. The van der Waals surface area contributed by atoms with Gasteiger partial charge in [-0.3, -0.25) is 0 Å². The summed E-state index contributed by atoms with van der Waals surface area (Å²) in [4.78, 5) is 9.09. The summed E-state index contributed by atoms with van der Waals surface area (Å²) in [7, 11) is 0. The van der Waals surface area contributed by atoms with Crippen molar-refractivity contribution >= 4 is 38.5 Å². The maximum absolute atomic E-state index is 6.25. The molecule has 108 valence electrons. The molecule has 0 aliphatic heterocycles. The Morgan fingerprint density at radius 2 is 2.00 bits per heavy atom. The number of halogens is 2. The summed E-state index contributed by atoms with van der Waals surface area (Å²) in [6.07, 6.45) is 1.85. The molecule has 0 bridgehead atoms. The van der Waals surface area contributed by atoms with Crippen LogP contribution >= 0.6 is 27.5 Å². The van der Waals surface area contributed by atoms with Gasteiger partial charge in [-0.05, 0) is 35.3 Å². The van der Waals surface area contributed by atoms with Gasteiger partial charge in [-0.25, -0.2) is 9.97 Å². The summed E-state index contributed by atoms with van der Waals surface area (Å²) in [6.45, 7) is 4.04. The number of furan rings is 1. The molecule has 0 N–H and O–H groups in total. The number of benzene rings is 1. The Morgan fingerprint density at radius 1 is 1.24 bits per heavy atom. The van der Waals surface area contributed by atoms with Crippen molar-refractivity contribution in [2.45, 2.75) is 26.7 Å². The van der Waals surface area contributed by atoms with Crippen molar-refractivity contribution in [3.63, 3.8) is 0 Å². The minimum Gasteiger partial charge on any atom is -0.461 e. The summed E-state index contributed by atoms with van der Waals surface area (Å²) < 4.78 is 6.57. The van der Waals surface area contributed by atoms with Gasteiger partial charge in [0.2, 0.25) is 0 Å². The quantitative estimate of drug-likeness (QED) is 0.570. The molecule has 0 saturated carbocycles. The molecule has 1 aromatic carbocycles. The third-order valence-corrected chi connectivity index (χ3v) is 4.70. The lowest BCUT2D eigenvalue weighted by Crippen LogP contribution is -1.99. The van der Waals surface area contributed by atoms with E-state index in [1.165, 1.54) is 0 Å². The molecule has 3 rings (SSSR count). The van der Waals surface area contributed by atoms with E-state index in [4.69, 9.17) is 16.0 Å². The van der Waals surface area contributed by atoms with Crippen molar-refractivity contribution in [3.8, 4) is 11.4 Å². The Balaban J connectivity index is 2.25. The van der Waals surface area contributed by atoms with Gasteiger partial charge in [0.25, 0.3) is 0 Å². The standard InChI is InChI=1S/C16H14BrClN2O/c1-3-6-11-14(17)15(18)20-16(19-11)13-9(2)21-12-8-5-4-7-10(12)13/h4-5,7-8H,3,6H2,1-2H3. The van der Waals surface area contributed by atoms with Crippen LogP contribution in [0.2, 0.25) is 5.15 Å². The Morgan fingerprint density at radius 3 is 2.76 bits per heavy atom. The van der Waals surface area contributed by atoms with E-state index in [9.17, 15) is 0 Å². The second-order valence-corrected chi connectivity index (χ2v) is 6.03. The van der Waals surface area contributed by atoms with Crippen LogP contribution in [0.1, 0.15) is 24.8 Å². The van der Waals surface area contributed by atoms with Gasteiger partial charge in [-0.1, -0.05) is 43.1 Å². The SMILES string of the molecule is CCCc1nc(-c2c(C)oc3ccccc23)nc(Cl)c1Br. The molecule has 5 heteroatoms. The topological polar surface area (TPSA) is 38.9 Å². The maximum atomic E-state index is 6.25. The first-order chi connectivity index (χ1) is 10.1. The predicted octanol–water partition coefficient (Wildman–Crippen LogP) is 5.57. The molecule has 0 atom stereocenters. The van der Waals surface area contributed by atoms with Crippen LogP contribution < -0.4 is 0 Å². The van der Waals surface area contributed by atoms with Crippen molar-refractivity contribution in [1.82, 2.24) is 9.97 Å². The fraction of sp³-hybridized carbons (Fsp3) is 0.250. The number of rotatable bonds is 3. The van der Waals surface area contributed by atoms with Crippen LogP contribution in [0.15, 0.2) is 33.2 Å². The molecule has 0 saturated heterocycles. The lowest BCUT2D eigenvalue weighted by molar-refractivity contribution is 0.579. The van der Waals surface area contributed by atoms with Gasteiger partial charge in [0.15, 0.2) is 5.82 Å². The number of aromatic nitrogens is 2. The molecule has 0 aliphatic carbocycles. The van der Waals surface area contributed by atoms with Crippen LogP contribution in [-0.2, 0) is 6.42 Å². The average Bonchev–Trinajstić information content (AvgIpc) is 2.79. The van der Waals surface area contributed by atoms with Gasteiger partial charge >= 0.3 is 0 Å². The summed E-state index contributed by atoms with van der Waals surface area (Å²) in [5.41, 5.74) is 2.68. The predicted molar refractivity (Wildman–Crippen MR) is 88.7 cm³/mol. The highest BCUT2D eigenvalue weighted by Gasteiger charge is 2.18. The first kappa shape index (κ1) is 14.5. The van der Waals surface area contributed by atoms with Crippen LogP contribution in [0.25, 0.3) is 22.4 Å². The molecule has 0 aliphatic rings. The van der Waals surface area contributed by atoms with Crippen LogP contribution in [0.4, 0.5) is 0 Å². The number of nitrogens with zero attached hydrogens (tertiary/aromatic N) is 2. The monoisotopic (exact) mass is 364 g/mol. The lowest BCUT2D eigenvalue weighted by Gasteiger charge is -2.07. The molecule has 21 heavy (non-hydrogen) atoms. The molecule has 0 radical (unpaired) electrons. The minimum absolute atomic E-state index is 0.438. The molecule has 0 fully saturated rings. The van der Waals surface area contributed by atoms with E-state index in [1.54, 1.807) is 0 Å². The van der Waals surface area contributed by atoms with Crippen molar-refractivity contribution < 1.29 is 4.42 Å². The molecule has 0 spiro atoms. The highest BCUT2D eigenvalue weighted by Crippen LogP contribution is 2.35. The molecule has 3 aromatic rings. The third-order valence-electron chi connectivity index (χ3n) is 3.36. The largest absolute Gasteiger partial charge is 0.461 e. The van der Waals surface area contributed by atoms with Crippen molar-refractivity contribution in [3.05, 3.63) is 45.3 Å². The van der Waals surface area contributed by atoms with E-state index < -0.39 is 0 Å². The first-order valence-corrected chi connectivity index (χ1v) is 7.99. The second-order valence-electron chi connectivity index (χ2n) is 4.88. The molecular weight excluding hydrogens is 352 g/mol. The minimum atomic E-state index is 0.438. The fourth-order valence-corrected chi connectivity index (χ4v) is 2.99. The fourth-order valence-electron chi connectivity index (χ4n) is 2.42. The lowest BCUT2D eigenvalue weighted by atomic mass is 10.1. The van der Waals surface area contributed by atoms with Crippen LogP contribution in [0, 0.1) is 6.92 Å². The molecule has 2 heterocycles. The zero-order valence-corrected chi connectivity index (χ0v) is 14.1. The summed E-state index contributed by atoms with van der Waals surface area (Å²) in [6, 6.07) is 7.89. The highest BCUT2D eigenvalue weighted by molar-refractivity contribution is 9.10. The maximum Gasteiger partial charge on any atom is 0.165 e. The Kier molecular flexibility index (Phi) is 4.00. The van der Waals surface area contributed by atoms with Crippen molar-refractivity contribution in [1.29, 1.82) is 0 Å². The van der Waals surface area contributed by atoms with Gasteiger partial charge in [0.1, 0.15) is 16.5 Å². The Labute approximate surface area is 136 Å². The molecule has 0 unspecified atom stereocenters. The Hall–Kier alpha value is -1.39. The Bertz CT molecular complexity index is 813. The number of fused-ring (bicyclic) bond motifs is 1. The van der Waals surface area contributed by atoms with Gasteiger partial charge < -0.3 is 4.42 Å². The second kappa shape index (κ2) is 5.78. The van der Waals surface area contributed by atoms with Crippen LogP contribution in [0.5, 0.6) is 0 Å². The van der Waals surface area contributed by atoms with Crippen LogP contribution in [0.3, 0.4) is 0 Å². The van der Waals surface area contributed by atoms with E-state index in [0.29, 0.717) is 11.0 Å². The van der Waals surface area contributed by atoms with Gasteiger partial charge in [-0.2, -0.15) is 0 Å². The van der Waals surface area contributed by atoms with E-state index in [1.807, 2.05) is 31.2 Å². The first-order valence-electron chi connectivity index (χ1n) is 6.82.